The van der Waals surface area contributed by atoms with Crippen molar-refractivity contribution in [3.8, 4) is 0 Å². The Hall–Kier alpha value is -2.77. The van der Waals surface area contributed by atoms with Crippen LogP contribution in [-0.2, 0) is 6.54 Å². The van der Waals surface area contributed by atoms with Gasteiger partial charge >= 0.3 is 0 Å². The topological polar surface area (TPSA) is 86.9 Å². The number of hydrogen-bond donors (Lipinski definition) is 1. The number of aliphatic hydroxyl groups is 1. The van der Waals surface area contributed by atoms with Gasteiger partial charge in [0.25, 0.3) is 11.6 Å². The molecule has 1 N–H and O–H groups in total. The molecule has 2 aliphatic rings. The van der Waals surface area contributed by atoms with E-state index in [9.17, 15) is 20.0 Å². The van der Waals surface area contributed by atoms with Crippen LogP contribution in [0.25, 0.3) is 0 Å². The van der Waals surface area contributed by atoms with Crippen LogP contribution in [0, 0.1) is 10.1 Å². The fourth-order valence-electron chi connectivity index (χ4n) is 4.86. The molecule has 31 heavy (non-hydrogen) atoms. The van der Waals surface area contributed by atoms with Crippen molar-refractivity contribution in [3.63, 3.8) is 0 Å². The molecule has 2 aromatic rings. The molecule has 0 aromatic heterocycles. The lowest BCUT2D eigenvalue weighted by molar-refractivity contribution is -0.384. The third-order valence-corrected chi connectivity index (χ3v) is 6.56. The summed E-state index contributed by atoms with van der Waals surface area (Å²) >= 11 is 0. The molecule has 164 valence electrons. The van der Waals surface area contributed by atoms with E-state index < -0.39 is 11.0 Å². The highest BCUT2D eigenvalue weighted by Gasteiger charge is 2.40. The fraction of sp³-hybridized carbons (Fsp3) is 0.458. The largest absolute Gasteiger partial charge is 0.390 e. The molecule has 1 saturated carbocycles. The smallest absolute Gasteiger partial charge is 0.269 e. The second-order valence-corrected chi connectivity index (χ2v) is 8.60. The summed E-state index contributed by atoms with van der Waals surface area (Å²) in [5.41, 5.74) is 1.33. The lowest BCUT2D eigenvalue weighted by atomic mass is 9.94. The standard InChI is InChI=1S/C24H29N3O4/c28-23-17-25(20-9-5-2-6-10-20)16-22(23)26(15-18-7-3-1-4-8-18)24(29)19-11-13-21(14-12-19)27(30)31/h1,3-4,7-8,11-14,20,22-23,28H,2,5-6,9-10,15-17H2. The number of likely N-dealkylation sites (tertiary alicyclic amines) is 1. The number of non-ortho nitro benzene ring substituents is 1. The van der Waals surface area contributed by atoms with Gasteiger partial charge in [-0.3, -0.25) is 19.8 Å². The van der Waals surface area contributed by atoms with Crippen molar-refractivity contribution in [1.82, 2.24) is 9.80 Å². The zero-order chi connectivity index (χ0) is 21.8. The number of nitro groups is 1. The Morgan fingerprint density at radius 1 is 1.03 bits per heavy atom. The first kappa shape index (κ1) is 21.5. The molecular weight excluding hydrogens is 394 g/mol. The summed E-state index contributed by atoms with van der Waals surface area (Å²) in [5.74, 6) is -0.215. The fourth-order valence-corrected chi connectivity index (χ4v) is 4.86. The maximum Gasteiger partial charge on any atom is 0.269 e. The van der Waals surface area contributed by atoms with Gasteiger partial charge in [0, 0.05) is 43.4 Å². The number of amides is 1. The van der Waals surface area contributed by atoms with Crippen LogP contribution in [0.3, 0.4) is 0 Å². The number of aliphatic hydroxyl groups excluding tert-OH is 1. The summed E-state index contributed by atoms with van der Waals surface area (Å²) in [4.78, 5) is 28.0. The maximum absolute atomic E-state index is 13.5. The predicted molar refractivity (Wildman–Crippen MR) is 118 cm³/mol. The van der Waals surface area contributed by atoms with E-state index in [2.05, 4.69) is 4.90 Å². The van der Waals surface area contributed by atoms with Crippen LogP contribution in [-0.4, -0.2) is 57.0 Å². The van der Waals surface area contributed by atoms with Gasteiger partial charge in [-0.05, 0) is 30.5 Å². The Morgan fingerprint density at radius 3 is 2.35 bits per heavy atom. The average Bonchev–Trinajstić information content (AvgIpc) is 3.19. The number of nitro benzene ring substituents is 1. The van der Waals surface area contributed by atoms with Crippen molar-refractivity contribution < 1.29 is 14.8 Å². The van der Waals surface area contributed by atoms with E-state index in [0.717, 1.165) is 18.4 Å². The third-order valence-electron chi connectivity index (χ3n) is 6.56. The van der Waals surface area contributed by atoms with E-state index in [0.29, 0.717) is 31.2 Å². The number of carbonyl (C=O) groups is 1. The van der Waals surface area contributed by atoms with Crippen LogP contribution >= 0.6 is 0 Å². The van der Waals surface area contributed by atoms with Gasteiger partial charge in [0.1, 0.15) is 0 Å². The zero-order valence-electron chi connectivity index (χ0n) is 17.6. The Kier molecular flexibility index (Phi) is 6.63. The molecule has 2 fully saturated rings. The average molecular weight is 424 g/mol. The minimum Gasteiger partial charge on any atom is -0.390 e. The zero-order valence-corrected chi connectivity index (χ0v) is 17.6. The normalized spacial score (nSPS) is 22.4. The van der Waals surface area contributed by atoms with Crippen molar-refractivity contribution >= 4 is 11.6 Å². The van der Waals surface area contributed by atoms with Crippen LogP contribution in [0.1, 0.15) is 48.0 Å². The van der Waals surface area contributed by atoms with Crippen molar-refractivity contribution in [2.75, 3.05) is 13.1 Å². The first-order valence-electron chi connectivity index (χ1n) is 11.0. The molecule has 4 rings (SSSR count). The summed E-state index contributed by atoms with van der Waals surface area (Å²) < 4.78 is 0. The SMILES string of the molecule is O=C(c1ccc([N+](=O)[O-])cc1)N(Cc1ccccc1)C1CN(C2CCCCC2)CC1O. The van der Waals surface area contributed by atoms with Gasteiger partial charge < -0.3 is 10.0 Å². The van der Waals surface area contributed by atoms with Crippen LogP contribution in [0.2, 0.25) is 0 Å². The molecule has 0 spiro atoms. The minimum absolute atomic E-state index is 0.0458. The van der Waals surface area contributed by atoms with E-state index >= 15 is 0 Å². The lowest BCUT2D eigenvalue weighted by Gasteiger charge is -2.33. The molecule has 2 unspecified atom stereocenters. The highest BCUT2D eigenvalue weighted by atomic mass is 16.6. The highest BCUT2D eigenvalue weighted by Crippen LogP contribution is 2.29. The lowest BCUT2D eigenvalue weighted by Crippen LogP contribution is -2.46. The van der Waals surface area contributed by atoms with Gasteiger partial charge in [0.15, 0.2) is 0 Å². The third kappa shape index (κ3) is 4.94. The maximum atomic E-state index is 13.5. The molecule has 0 bridgehead atoms. The quantitative estimate of drug-likeness (QED) is 0.566. The number of rotatable bonds is 6. The second-order valence-electron chi connectivity index (χ2n) is 8.60. The van der Waals surface area contributed by atoms with Crippen LogP contribution in [0.5, 0.6) is 0 Å². The molecule has 7 heteroatoms. The van der Waals surface area contributed by atoms with Crippen LogP contribution in [0.4, 0.5) is 5.69 Å². The van der Waals surface area contributed by atoms with E-state index in [1.54, 1.807) is 4.90 Å². The Balaban J connectivity index is 1.57. The first-order chi connectivity index (χ1) is 15.0. The van der Waals surface area contributed by atoms with Crippen molar-refractivity contribution in [3.05, 3.63) is 75.8 Å². The molecule has 2 aromatic carbocycles. The number of hydrogen-bond acceptors (Lipinski definition) is 5. The van der Waals surface area contributed by atoms with Gasteiger partial charge in [-0.25, -0.2) is 0 Å². The summed E-state index contributed by atoms with van der Waals surface area (Å²) in [6.07, 6.45) is 5.39. The summed E-state index contributed by atoms with van der Waals surface area (Å²) in [6, 6.07) is 15.6. The monoisotopic (exact) mass is 423 g/mol. The van der Waals surface area contributed by atoms with Crippen molar-refractivity contribution in [2.45, 2.75) is 56.8 Å². The molecule has 1 saturated heterocycles. The van der Waals surface area contributed by atoms with Crippen molar-refractivity contribution in [1.29, 1.82) is 0 Å². The molecule has 1 heterocycles. The molecule has 7 nitrogen and oxygen atoms in total. The second kappa shape index (κ2) is 9.58. The molecular formula is C24H29N3O4. The van der Waals surface area contributed by atoms with Crippen LogP contribution < -0.4 is 0 Å². The number of β-amino-alcohol motifs (C(OH)–C–C–N with tert-alkyl or cyclic N) is 1. The summed E-state index contributed by atoms with van der Waals surface area (Å²) in [5, 5.41) is 21.9. The van der Waals surface area contributed by atoms with Gasteiger partial charge in [-0.1, -0.05) is 49.6 Å². The van der Waals surface area contributed by atoms with Crippen LogP contribution in [0.15, 0.2) is 54.6 Å². The Labute approximate surface area is 182 Å². The number of nitrogens with zero attached hydrogens (tertiary/aromatic N) is 3. The van der Waals surface area contributed by atoms with Gasteiger partial charge in [0.2, 0.25) is 0 Å². The summed E-state index contributed by atoms with van der Waals surface area (Å²) in [6.45, 7) is 1.61. The number of benzene rings is 2. The molecule has 1 aliphatic heterocycles. The molecule has 1 amide bonds. The first-order valence-corrected chi connectivity index (χ1v) is 11.0. The Bertz CT molecular complexity index is 897. The molecule has 0 radical (unpaired) electrons. The van der Waals surface area contributed by atoms with Crippen molar-refractivity contribution in [2.24, 2.45) is 0 Å². The predicted octanol–water partition coefficient (Wildman–Crippen LogP) is 3.62. The molecule has 2 atom stereocenters. The summed E-state index contributed by atoms with van der Waals surface area (Å²) in [7, 11) is 0. The van der Waals surface area contributed by atoms with E-state index in [1.807, 2.05) is 30.3 Å². The highest BCUT2D eigenvalue weighted by molar-refractivity contribution is 5.94. The van der Waals surface area contributed by atoms with E-state index in [1.165, 1.54) is 43.5 Å². The number of carbonyl (C=O) groups excluding carboxylic acids is 1. The van der Waals surface area contributed by atoms with E-state index in [4.69, 9.17) is 0 Å². The molecule has 1 aliphatic carbocycles. The minimum atomic E-state index is -0.618. The van der Waals surface area contributed by atoms with Gasteiger partial charge in [-0.2, -0.15) is 0 Å². The van der Waals surface area contributed by atoms with Gasteiger partial charge in [0.05, 0.1) is 17.1 Å². The van der Waals surface area contributed by atoms with Gasteiger partial charge in [-0.15, -0.1) is 0 Å². The van der Waals surface area contributed by atoms with E-state index in [-0.39, 0.29) is 17.6 Å². The Morgan fingerprint density at radius 2 is 1.71 bits per heavy atom.